The van der Waals surface area contributed by atoms with E-state index in [0.29, 0.717) is 17.3 Å². The van der Waals surface area contributed by atoms with Crippen LogP contribution in [0, 0.1) is 0 Å². The van der Waals surface area contributed by atoms with E-state index in [0.717, 1.165) is 18.5 Å². The Hall–Kier alpha value is -2.95. The minimum atomic E-state index is -0.237. The smallest absolute Gasteiger partial charge is 0.253 e. The largest absolute Gasteiger partial charge is 0.339 e. The second-order valence-electron chi connectivity index (χ2n) is 6.86. The van der Waals surface area contributed by atoms with E-state index in [4.69, 9.17) is 0 Å². The number of nitrogens with zero attached hydrogens (tertiary/aromatic N) is 2. The number of carbonyl (C=O) groups excluding carboxylic acids is 2. The number of pyridine rings is 1. The quantitative estimate of drug-likeness (QED) is 0.812. The number of hydrogen-bond acceptors (Lipinski definition) is 3. The lowest BCUT2D eigenvalue weighted by molar-refractivity contribution is -0.111. The molecule has 0 bridgehead atoms. The van der Waals surface area contributed by atoms with Crippen LogP contribution in [0.5, 0.6) is 0 Å². The van der Waals surface area contributed by atoms with Crippen LogP contribution < -0.4 is 5.32 Å². The molecule has 1 fully saturated rings. The van der Waals surface area contributed by atoms with Gasteiger partial charge >= 0.3 is 0 Å². The van der Waals surface area contributed by atoms with Crippen molar-refractivity contribution >= 4 is 23.6 Å². The zero-order valence-electron chi connectivity index (χ0n) is 15.6. The van der Waals surface area contributed by atoms with Crippen LogP contribution in [0.4, 0.5) is 5.69 Å². The Morgan fingerprint density at radius 3 is 2.48 bits per heavy atom. The van der Waals surface area contributed by atoms with E-state index in [1.165, 1.54) is 25.3 Å². The summed E-state index contributed by atoms with van der Waals surface area (Å²) in [6.07, 6.45) is 10.6. The third-order valence-electron chi connectivity index (χ3n) is 4.94. The van der Waals surface area contributed by atoms with Crippen molar-refractivity contribution in [2.45, 2.75) is 38.1 Å². The van der Waals surface area contributed by atoms with Gasteiger partial charge < -0.3 is 10.2 Å². The minimum Gasteiger partial charge on any atom is -0.339 e. The van der Waals surface area contributed by atoms with Crippen LogP contribution >= 0.6 is 0 Å². The first kappa shape index (κ1) is 18.8. The van der Waals surface area contributed by atoms with Crippen LogP contribution in [0.15, 0.2) is 54.7 Å². The van der Waals surface area contributed by atoms with Gasteiger partial charge in [0.2, 0.25) is 5.91 Å². The highest BCUT2D eigenvalue weighted by Crippen LogP contribution is 2.23. The van der Waals surface area contributed by atoms with E-state index in [1.54, 1.807) is 36.5 Å². The molecule has 2 aromatic rings. The van der Waals surface area contributed by atoms with Crippen molar-refractivity contribution in [1.82, 2.24) is 9.88 Å². The Bertz CT molecular complexity index is 794. The second kappa shape index (κ2) is 9.12. The first-order valence-electron chi connectivity index (χ1n) is 9.41. The molecule has 0 spiro atoms. The molecule has 0 radical (unpaired) electrons. The van der Waals surface area contributed by atoms with Crippen LogP contribution in [-0.4, -0.2) is 34.8 Å². The summed E-state index contributed by atoms with van der Waals surface area (Å²) in [7, 11) is 1.89. The third-order valence-corrected chi connectivity index (χ3v) is 4.94. The van der Waals surface area contributed by atoms with E-state index < -0.39 is 0 Å². The molecule has 27 heavy (non-hydrogen) atoms. The number of aromatic nitrogens is 1. The van der Waals surface area contributed by atoms with Gasteiger partial charge in [-0.15, -0.1) is 0 Å². The molecule has 2 amide bonds. The van der Waals surface area contributed by atoms with Gasteiger partial charge in [-0.1, -0.05) is 25.3 Å². The fraction of sp³-hybridized carbons (Fsp3) is 0.318. The molecule has 3 rings (SSSR count). The van der Waals surface area contributed by atoms with Crippen molar-refractivity contribution in [3.8, 4) is 0 Å². The number of rotatable bonds is 5. The number of carbonyl (C=O) groups is 2. The number of benzene rings is 1. The van der Waals surface area contributed by atoms with Crippen molar-refractivity contribution in [3.05, 3.63) is 66.0 Å². The summed E-state index contributed by atoms with van der Waals surface area (Å²) in [6, 6.07) is 12.9. The van der Waals surface area contributed by atoms with Gasteiger partial charge in [-0.2, -0.15) is 0 Å². The summed E-state index contributed by atoms with van der Waals surface area (Å²) < 4.78 is 0. The second-order valence-corrected chi connectivity index (χ2v) is 6.86. The highest BCUT2D eigenvalue weighted by Gasteiger charge is 2.22. The maximum absolute atomic E-state index is 12.7. The summed E-state index contributed by atoms with van der Waals surface area (Å²) in [6.45, 7) is 0. The van der Waals surface area contributed by atoms with Gasteiger partial charge in [0.15, 0.2) is 0 Å². The zero-order chi connectivity index (χ0) is 19.1. The predicted octanol–water partition coefficient (Wildman–Crippen LogP) is 4.14. The molecule has 0 saturated heterocycles. The summed E-state index contributed by atoms with van der Waals surface area (Å²) in [5, 5.41) is 2.79. The third kappa shape index (κ3) is 5.26. The molecule has 1 aromatic heterocycles. The molecule has 0 aliphatic heterocycles. The summed E-state index contributed by atoms with van der Waals surface area (Å²) in [5.41, 5.74) is 2.02. The van der Waals surface area contributed by atoms with E-state index in [-0.39, 0.29) is 11.8 Å². The molecule has 1 aliphatic carbocycles. The van der Waals surface area contributed by atoms with E-state index >= 15 is 0 Å². The Labute approximate surface area is 160 Å². The normalized spacial score (nSPS) is 14.9. The number of nitrogens with one attached hydrogen (secondary N) is 1. The number of anilines is 1. The topological polar surface area (TPSA) is 62.3 Å². The van der Waals surface area contributed by atoms with Gasteiger partial charge in [-0.05, 0) is 55.3 Å². The highest BCUT2D eigenvalue weighted by molar-refractivity contribution is 6.02. The van der Waals surface area contributed by atoms with Gasteiger partial charge in [0.25, 0.3) is 5.91 Å². The lowest BCUT2D eigenvalue weighted by Gasteiger charge is -2.31. The van der Waals surface area contributed by atoms with Crippen LogP contribution in [0.25, 0.3) is 6.08 Å². The molecule has 5 heteroatoms. The SMILES string of the molecule is CN(C(=O)c1ccc(NC(=O)C=Cc2ccccn2)cc1)C1CCCCC1. The number of hydrogen-bond donors (Lipinski definition) is 1. The van der Waals surface area contributed by atoms with Crippen LogP contribution in [-0.2, 0) is 4.79 Å². The highest BCUT2D eigenvalue weighted by atomic mass is 16.2. The fourth-order valence-corrected chi connectivity index (χ4v) is 3.35. The van der Waals surface area contributed by atoms with Gasteiger partial charge in [-0.3, -0.25) is 14.6 Å². The lowest BCUT2D eigenvalue weighted by Crippen LogP contribution is -2.38. The Kier molecular flexibility index (Phi) is 6.36. The van der Waals surface area contributed by atoms with E-state index in [1.807, 2.05) is 30.1 Å². The van der Waals surface area contributed by atoms with E-state index in [9.17, 15) is 9.59 Å². The van der Waals surface area contributed by atoms with Crippen molar-refractivity contribution in [3.63, 3.8) is 0 Å². The summed E-state index contributed by atoms with van der Waals surface area (Å²) in [4.78, 5) is 30.7. The summed E-state index contributed by atoms with van der Waals surface area (Å²) >= 11 is 0. The monoisotopic (exact) mass is 363 g/mol. The molecule has 140 valence electrons. The molecule has 0 atom stereocenters. The van der Waals surface area contributed by atoms with Crippen molar-refractivity contribution in [2.24, 2.45) is 0 Å². The molecule has 1 heterocycles. The molecular formula is C22H25N3O2. The predicted molar refractivity (Wildman–Crippen MR) is 107 cm³/mol. The minimum absolute atomic E-state index is 0.0369. The molecule has 1 saturated carbocycles. The maximum Gasteiger partial charge on any atom is 0.253 e. The zero-order valence-corrected chi connectivity index (χ0v) is 15.6. The van der Waals surface area contributed by atoms with Crippen molar-refractivity contribution < 1.29 is 9.59 Å². The van der Waals surface area contributed by atoms with Gasteiger partial charge in [-0.25, -0.2) is 0 Å². The molecule has 1 aliphatic rings. The fourth-order valence-electron chi connectivity index (χ4n) is 3.35. The van der Waals surface area contributed by atoms with Crippen LogP contribution in [0.2, 0.25) is 0 Å². The first-order chi connectivity index (χ1) is 13.1. The molecule has 1 aromatic carbocycles. The Morgan fingerprint density at radius 2 is 1.81 bits per heavy atom. The molecule has 0 unspecified atom stereocenters. The van der Waals surface area contributed by atoms with Gasteiger partial charge in [0.05, 0.1) is 5.69 Å². The van der Waals surface area contributed by atoms with Crippen molar-refractivity contribution in [1.29, 1.82) is 0 Å². The van der Waals surface area contributed by atoms with Crippen molar-refractivity contribution in [2.75, 3.05) is 12.4 Å². The maximum atomic E-state index is 12.7. The number of amides is 2. The lowest BCUT2D eigenvalue weighted by atomic mass is 9.94. The Balaban J connectivity index is 1.57. The van der Waals surface area contributed by atoms with Gasteiger partial charge in [0.1, 0.15) is 0 Å². The van der Waals surface area contributed by atoms with Gasteiger partial charge in [0, 0.05) is 36.6 Å². The molecule has 5 nitrogen and oxygen atoms in total. The molecule has 1 N–H and O–H groups in total. The van der Waals surface area contributed by atoms with Crippen LogP contribution in [0.3, 0.4) is 0 Å². The summed E-state index contributed by atoms with van der Waals surface area (Å²) in [5.74, 6) is -0.200. The average molecular weight is 363 g/mol. The Morgan fingerprint density at radius 1 is 1.07 bits per heavy atom. The standard InChI is InChI=1S/C22H25N3O2/c1-25(20-8-3-2-4-9-20)22(27)17-10-12-19(13-11-17)24-21(26)15-14-18-7-5-6-16-23-18/h5-7,10-16,20H,2-4,8-9H2,1H3,(H,24,26). The van der Waals surface area contributed by atoms with Crippen LogP contribution in [0.1, 0.15) is 48.2 Å². The van der Waals surface area contributed by atoms with E-state index in [2.05, 4.69) is 10.3 Å². The molecular weight excluding hydrogens is 338 g/mol. The average Bonchev–Trinajstić information content (AvgIpc) is 2.73. The first-order valence-corrected chi connectivity index (χ1v) is 9.41.